The smallest absolute Gasteiger partial charge is 0.414 e. The monoisotopic (exact) mass is 412 g/mol. The molecule has 0 bridgehead atoms. The van der Waals surface area contributed by atoms with Crippen molar-refractivity contribution in [2.75, 3.05) is 41.9 Å². The highest BCUT2D eigenvalue weighted by molar-refractivity contribution is 7.89. The molecule has 0 radical (unpaired) electrons. The Morgan fingerprint density at radius 3 is 2.89 bits per heavy atom. The highest BCUT2D eigenvalue weighted by Gasteiger charge is 2.33. The van der Waals surface area contributed by atoms with E-state index in [1.807, 2.05) is 0 Å². The van der Waals surface area contributed by atoms with Crippen LogP contribution in [0.25, 0.3) is 0 Å². The van der Waals surface area contributed by atoms with E-state index in [0.29, 0.717) is 18.8 Å². The summed E-state index contributed by atoms with van der Waals surface area (Å²) >= 11 is -1.40. The van der Waals surface area contributed by atoms with E-state index in [2.05, 4.69) is 10.4 Å². The van der Waals surface area contributed by atoms with Gasteiger partial charge in [-0.1, -0.05) is 0 Å². The molecule has 2 atom stereocenters. The van der Waals surface area contributed by atoms with Gasteiger partial charge in [0.15, 0.2) is 5.88 Å². The zero-order chi connectivity index (χ0) is 20.3. The number of nitrogens with zero attached hydrogens (tertiary/aromatic N) is 4. The second kappa shape index (κ2) is 8.63. The van der Waals surface area contributed by atoms with E-state index in [4.69, 9.17) is 10.5 Å². The number of hydrazone groups is 1. The molecule has 1 fully saturated rings. The summed E-state index contributed by atoms with van der Waals surface area (Å²) in [4.78, 5) is 25.9. The minimum atomic E-state index is -1.40. The second-order valence-corrected chi connectivity index (χ2v) is 7.58. The first kappa shape index (κ1) is 20.2. The number of carbonyl (C=O) groups excluding carboxylic acids is 2. The fraction of sp³-hybridized carbons (Fsp3) is 0.438. The minimum absolute atomic E-state index is 0.0325. The third kappa shape index (κ3) is 4.46. The summed E-state index contributed by atoms with van der Waals surface area (Å²) in [7, 11) is 0. The van der Waals surface area contributed by atoms with Crippen LogP contribution < -0.4 is 20.9 Å². The number of hydrogen-bond acceptors (Lipinski definition) is 8. The molecule has 3 rings (SSSR count). The molecule has 10 nitrogen and oxygen atoms in total. The van der Waals surface area contributed by atoms with E-state index in [0.717, 1.165) is 0 Å². The highest BCUT2D eigenvalue weighted by atomic mass is 32.2. The predicted molar refractivity (Wildman–Crippen MR) is 102 cm³/mol. The van der Waals surface area contributed by atoms with Crippen LogP contribution in [0, 0.1) is 5.82 Å². The number of cyclic esters (lactones) is 1. The van der Waals surface area contributed by atoms with Gasteiger partial charge in [-0.3, -0.25) is 15.4 Å². The lowest BCUT2D eigenvalue weighted by Crippen LogP contribution is -2.42. The summed E-state index contributed by atoms with van der Waals surface area (Å²) in [5, 5.41) is 6.61. The van der Waals surface area contributed by atoms with Crippen LogP contribution in [0.15, 0.2) is 23.3 Å². The second-order valence-electron chi connectivity index (χ2n) is 6.18. The normalized spacial score (nSPS) is 20.4. The fourth-order valence-corrected chi connectivity index (χ4v) is 3.45. The summed E-state index contributed by atoms with van der Waals surface area (Å²) in [6.07, 6.45) is 0.299. The molecule has 1 aromatic rings. The van der Waals surface area contributed by atoms with E-state index in [-0.39, 0.29) is 30.6 Å². The maximum Gasteiger partial charge on any atom is 0.414 e. The molecular formula is C16H21FN6O4S. The van der Waals surface area contributed by atoms with Gasteiger partial charge < -0.3 is 19.5 Å². The molecule has 0 spiro atoms. The van der Waals surface area contributed by atoms with Gasteiger partial charge in [-0.25, -0.2) is 9.18 Å². The van der Waals surface area contributed by atoms with E-state index in [9.17, 15) is 18.5 Å². The molecule has 1 saturated heterocycles. The lowest BCUT2D eigenvalue weighted by molar-refractivity contribution is -0.119. The molecule has 1 aromatic carbocycles. The van der Waals surface area contributed by atoms with Crippen LogP contribution in [0.2, 0.25) is 0 Å². The number of benzene rings is 1. The number of halogens is 1. The van der Waals surface area contributed by atoms with Crippen LogP contribution in [0.4, 0.5) is 20.6 Å². The Hall–Kier alpha value is -2.57. The first-order valence-electron chi connectivity index (χ1n) is 8.58. The van der Waals surface area contributed by atoms with Crippen LogP contribution >= 0.6 is 0 Å². The van der Waals surface area contributed by atoms with E-state index in [1.165, 1.54) is 28.6 Å². The molecule has 0 saturated carbocycles. The molecule has 2 aliphatic heterocycles. The number of nitrogens with one attached hydrogen (secondary N) is 1. The molecule has 2 aliphatic rings. The number of ether oxygens (including phenoxy) is 1. The number of amides is 2. The molecule has 3 N–H and O–H groups in total. The first-order chi connectivity index (χ1) is 13.4. The first-order valence-corrected chi connectivity index (χ1v) is 9.85. The quantitative estimate of drug-likeness (QED) is 0.627. The van der Waals surface area contributed by atoms with Gasteiger partial charge in [0.1, 0.15) is 36.2 Å². The van der Waals surface area contributed by atoms with Crippen LogP contribution in [-0.2, 0) is 20.9 Å². The van der Waals surface area contributed by atoms with Crippen molar-refractivity contribution in [3.8, 4) is 0 Å². The van der Waals surface area contributed by atoms with Gasteiger partial charge >= 0.3 is 6.09 Å². The average molecular weight is 412 g/mol. The van der Waals surface area contributed by atoms with Gasteiger partial charge in [-0.05, 0) is 18.2 Å². The zero-order valence-corrected chi connectivity index (χ0v) is 16.0. The number of hydrogen-bond donors (Lipinski definition) is 2. The Balaban J connectivity index is 1.68. The Morgan fingerprint density at radius 2 is 2.29 bits per heavy atom. The van der Waals surface area contributed by atoms with Crippen LogP contribution in [0.5, 0.6) is 0 Å². The average Bonchev–Trinajstić information content (AvgIpc) is 3.06. The molecule has 152 valence electrons. The van der Waals surface area contributed by atoms with Crippen molar-refractivity contribution in [3.63, 3.8) is 0 Å². The molecule has 12 heteroatoms. The summed E-state index contributed by atoms with van der Waals surface area (Å²) in [5.74, 6) is -0.785. The van der Waals surface area contributed by atoms with Gasteiger partial charge in [0.2, 0.25) is 5.91 Å². The number of rotatable bonds is 6. The van der Waals surface area contributed by atoms with Gasteiger partial charge in [0.25, 0.3) is 0 Å². The summed E-state index contributed by atoms with van der Waals surface area (Å²) in [5.41, 5.74) is 5.99. The Morgan fingerprint density at radius 1 is 1.50 bits per heavy atom. The van der Waals surface area contributed by atoms with Crippen LogP contribution in [0.3, 0.4) is 0 Å². The summed E-state index contributed by atoms with van der Waals surface area (Å²) < 4.78 is 32.8. The van der Waals surface area contributed by atoms with Crippen molar-refractivity contribution in [1.29, 1.82) is 0 Å². The molecule has 28 heavy (non-hydrogen) atoms. The van der Waals surface area contributed by atoms with Crippen LogP contribution in [-0.4, -0.2) is 65.5 Å². The van der Waals surface area contributed by atoms with Crippen molar-refractivity contribution in [2.24, 2.45) is 10.8 Å². The van der Waals surface area contributed by atoms with Gasteiger partial charge in [0, 0.05) is 13.5 Å². The summed E-state index contributed by atoms with van der Waals surface area (Å²) in [6, 6.07) is 4.40. The highest BCUT2D eigenvalue weighted by Crippen LogP contribution is 2.28. The lowest BCUT2D eigenvalue weighted by Gasteiger charge is -2.29. The van der Waals surface area contributed by atoms with Gasteiger partial charge in [0.05, 0.1) is 24.5 Å². The van der Waals surface area contributed by atoms with Crippen molar-refractivity contribution in [1.82, 2.24) is 9.73 Å². The van der Waals surface area contributed by atoms with Crippen molar-refractivity contribution < 1.29 is 23.3 Å². The Bertz CT molecular complexity index is 782. The molecule has 2 heterocycles. The number of anilines is 2. The molecule has 0 aromatic heterocycles. The van der Waals surface area contributed by atoms with Crippen molar-refractivity contribution in [2.45, 2.75) is 13.0 Å². The fourth-order valence-electron chi connectivity index (χ4n) is 2.84. The molecular weight excluding hydrogens is 391 g/mol. The van der Waals surface area contributed by atoms with Gasteiger partial charge in [-0.15, -0.1) is 9.52 Å². The molecule has 1 unspecified atom stereocenters. The molecule has 0 aliphatic carbocycles. The Labute approximate surface area is 164 Å². The maximum absolute atomic E-state index is 14.7. The standard InChI is InChI=1S/C16H21FN6O4S/c1-11(24)19-7-13-8-22(16(25)27-13)12-2-3-15(14(17)6-12)21-4-5-23(20-10-21)28(26)9-18/h2-3,6,10,13H,4-5,7-9,18H2,1H3,(H,19,24)/t13-,28?/m0/s1. The topological polar surface area (TPSA) is 127 Å². The minimum Gasteiger partial charge on any atom is -0.591 e. The predicted octanol–water partition coefficient (Wildman–Crippen LogP) is -0.0678. The van der Waals surface area contributed by atoms with Crippen molar-refractivity contribution in [3.05, 3.63) is 24.0 Å². The third-order valence-electron chi connectivity index (χ3n) is 4.23. The van der Waals surface area contributed by atoms with Crippen molar-refractivity contribution >= 4 is 41.1 Å². The van der Waals surface area contributed by atoms with E-state index in [1.54, 1.807) is 17.0 Å². The largest absolute Gasteiger partial charge is 0.591 e. The zero-order valence-electron chi connectivity index (χ0n) is 15.2. The number of nitrogens with two attached hydrogens (primary N) is 1. The maximum atomic E-state index is 14.7. The van der Waals surface area contributed by atoms with Gasteiger partial charge in [-0.2, -0.15) is 0 Å². The van der Waals surface area contributed by atoms with E-state index >= 15 is 0 Å². The lowest BCUT2D eigenvalue weighted by atomic mass is 10.2. The SMILES string of the molecule is CC(=O)NC[C@H]1CN(c2ccc(N3C=NN([S+]([O-])CN)CC3)c(F)c2)C(=O)O1. The summed E-state index contributed by atoms with van der Waals surface area (Å²) in [6.45, 7) is 2.51. The molecule has 2 amide bonds. The number of carbonyl (C=O) groups is 2. The van der Waals surface area contributed by atoms with E-state index < -0.39 is 29.4 Å². The third-order valence-corrected chi connectivity index (χ3v) is 5.27. The Kier molecular flexibility index (Phi) is 6.21. The van der Waals surface area contributed by atoms with Crippen LogP contribution in [0.1, 0.15) is 6.92 Å².